The van der Waals surface area contributed by atoms with Crippen LogP contribution in [0.3, 0.4) is 0 Å². The fourth-order valence-electron chi connectivity index (χ4n) is 4.79. The highest BCUT2D eigenvalue weighted by molar-refractivity contribution is 6.30. The Labute approximate surface area is 226 Å². The van der Waals surface area contributed by atoms with E-state index in [4.69, 9.17) is 16.9 Å². The molecule has 4 aromatic rings. The van der Waals surface area contributed by atoms with Gasteiger partial charge in [-0.15, -0.1) is 0 Å². The molecule has 0 saturated heterocycles. The van der Waals surface area contributed by atoms with Gasteiger partial charge in [0, 0.05) is 22.9 Å². The van der Waals surface area contributed by atoms with Crippen molar-refractivity contribution in [2.45, 2.75) is 25.9 Å². The molecule has 1 N–H and O–H groups in total. The molecule has 1 aromatic heterocycles. The van der Waals surface area contributed by atoms with Crippen molar-refractivity contribution in [2.75, 3.05) is 16.8 Å². The van der Waals surface area contributed by atoms with Crippen LogP contribution < -0.4 is 10.2 Å². The molecule has 3 aromatic carbocycles. The lowest BCUT2D eigenvalue weighted by Gasteiger charge is -2.40. The summed E-state index contributed by atoms with van der Waals surface area (Å²) in [5, 5.41) is 12.5. The molecule has 1 unspecified atom stereocenters. The molecule has 0 bridgehead atoms. The largest absolute Gasteiger partial charge is 0.322 e. The quantitative estimate of drug-likeness (QED) is 0.329. The number of carbonyl (C=O) groups is 2. The van der Waals surface area contributed by atoms with Crippen LogP contribution in [0.1, 0.15) is 36.7 Å². The van der Waals surface area contributed by atoms with Crippen molar-refractivity contribution in [3.63, 3.8) is 0 Å². The molecule has 5 rings (SSSR count). The number of nitriles is 1. The minimum Gasteiger partial charge on any atom is -0.316 e. The summed E-state index contributed by atoms with van der Waals surface area (Å²) in [6, 6.07) is 26.8. The summed E-state index contributed by atoms with van der Waals surface area (Å²) in [4.78, 5) is 30.7. The van der Waals surface area contributed by atoms with E-state index in [0.717, 1.165) is 22.6 Å². The molecular formula is C30H26ClN5O2. The molecule has 8 heteroatoms. The number of urea groups is 1. The Morgan fingerprint density at radius 3 is 2.42 bits per heavy atom. The summed E-state index contributed by atoms with van der Waals surface area (Å²) in [7, 11) is 0. The van der Waals surface area contributed by atoms with Gasteiger partial charge >= 0.3 is 6.03 Å². The van der Waals surface area contributed by atoms with Gasteiger partial charge in [-0.2, -0.15) is 5.26 Å². The van der Waals surface area contributed by atoms with Crippen LogP contribution in [0.25, 0.3) is 5.69 Å². The zero-order valence-electron chi connectivity index (χ0n) is 21.0. The molecule has 0 radical (unpaired) electrons. The molecule has 38 heavy (non-hydrogen) atoms. The molecule has 7 nitrogen and oxygen atoms in total. The van der Waals surface area contributed by atoms with E-state index in [-0.39, 0.29) is 18.5 Å². The van der Waals surface area contributed by atoms with E-state index in [2.05, 4.69) is 16.0 Å². The van der Waals surface area contributed by atoms with Crippen LogP contribution in [0, 0.1) is 11.3 Å². The van der Waals surface area contributed by atoms with E-state index in [1.54, 1.807) is 35.2 Å². The topological polar surface area (TPSA) is 81.4 Å². The van der Waals surface area contributed by atoms with Gasteiger partial charge in [0.05, 0.1) is 28.7 Å². The van der Waals surface area contributed by atoms with Crippen LogP contribution in [0.5, 0.6) is 0 Å². The van der Waals surface area contributed by atoms with Gasteiger partial charge in [0.1, 0.15) is 12.6 Å². The Morgan fingerprint density at radius 2 is 1.74 bits per heavy atom. The van der Waals surface area contributed by atoms with Crippen molar-refractivity contribution in [1.29, 1.82) is 5.26 Å². The fourth-order valence-corrected chi connectivity index (χ4v) is 4.99. The van der Waals surface area contributed by atoms with Crippen molar-refractivity contribution < 1.29 is 9.59 Å². The Hall–Kier alpha value is -4.54. The smallest absolute Gasteiger partial charge is 0.316 e. The summed E-state index contributed by atoms with van der Waals surface area (Å²) in [5.74, 6) is -0.224. The van der Waals surface area contributed by atoms with Crippen LogP contribution in [0.4, 0.5) is 16.2 Å². The molecule has 190 valence electrons. The Bertz CT molecular complexity index is 1540. The van der Waals surface area contributed by atoms with E-state index < -0.39 is 12.1 Å². The van der Waals surface area contributed by atoms with Gasteiger partial charge in [0.25, 0.3) is 0 Å². The molecule has 0 fully saturated rings. The molecule has 1 aliphatic rings. The lowest BCUT2D eigenvalue weighted by Crippen LogP contribution is -2.49. The van der Waals surface area contributed by atoms with Gasteiger partial charge in [-0.25, -0.2) is 4.79 Å². The number of nitrogens with zero attached hydrogens (tertiary/aromatic N) is 4. The maximum atomic E-state index is 14.1. The second-order valence-corrected chi connectivity index (χ2v) is 9.79. The third-order valence-corrected chi connectivity index (χ3v) is 6.84. The van der Waals surface area contributed by atoms with Crippen LogP contribution in [0.2, 0.25) is 5.02 Å². The minimum absolute atomic E-state index is 0.133. The van der Waals surface area contributed by atoms with E-state index in [0.29, 0.717) is 16.3 Å². The fraction of sp³-hybridized carbons (Fsp3) is 0.167. The number of benzene rings is 3. The third kappa shape index (κ3) is 4.74. The summed E-state index contributed by atoms with van der Waals surface area (Å²) in [6.45, 7) is 3.61. The number of carbonyl (C=O) groups excluding carboxylic acids is 2. The van der Waals surface area contributed by atoms with Gasteiger partial charge < -0.3 is 14.8 Å². The maximum Gasteiger partial charge on any atom is 0.322 e. The van der Waals surface area contributed by atoms with Crippen molar-refractivity contribution in [2.24, 2.45) is 0 Å². The summed E-state index contributed by atoms with van der Waals surface area (Å²) < 4.78 is 2.09. The van der Waals surface area contributed by atoms with Crippen molar-refractivity contribution in [3.8, 4) is 11.8 Å². The van der Waals surface area contributed by atoms with Gasteiger partial charge in [-0.05, 0) is 80.1 Å². The first-order chi connectivity index (χ1) is 18.4. The first kappa shape index (κ1) is 25.1. The lowest BCUT2D eigenvalue weighted by molar-refractivity contribution is -0.119. The molecule has 1 atom stereocenters. The normalized spacial score (nSPS) is 13.9. The first-order valence-electron chi connectivity index (χ1n) is 12.3. The SMILES string of the molecule is CC(C)N(CC(=O)N1c2ccccc2-n2cccc2C1c1cccc(Cl)c1)C(=O)Nc1ccc(C#N)cc1. The van der Waals surface area contributed by atoms with E-state index in [9.17, 15) is 9.59 Å². The summed E-state index contributed by atoms with van der Waals surface area (Å²) in [6.07, 6.45) is 1.99. The van der Waals surface area contributed by atoms with E-state index >= 15 is 0 Å². The summed E-state index contributed by atoms with van der Waals surface area (Å²) >= 11 is 6.37. The van der Waals surface area contributed by atoms with E-state index in [1.807, 2.05) is 74.6 Å². The maximum absolute atomic E-state index is 14.1. The number of rotatable bonds is 5. The zero-order chi connectivity index (χ0) is 26.8. The summed E-state index contributed by atoms with van der Waals surface area (Å²) in [5.41, 5.74) is 4.49. The number of aromatic nitrogens is 1. The molecule has 0 aliphatic carbocycles. The molecule has 1 aliphatic heterocycles. The molecular weight excluding hydrogens is 498 g/mol. The van der Waals surface area contributed by atoms with Crippen LogP contribution >= 0.6 is 11.6 Å². The Kier molecular flexibility index (Phi) is 6.91. The van der Waals surface area contributed by atoms with Crippen molar-refractivity contribution in [3.05, 3.63) is 113 Å². The van der Waals surface area contributed by atoms with Gasteiger partial charge in [-0.3, -0.25) is 9.69 Å². The number of fused-ring (bicyclic) bond motifs is 3. The minimum atomic E-state index is -0.429. The van der Waals surface area contributed by atoms with Crippen LogP contribution in [0.15, 0.2) is 91.1 Å². The zero-order valence-corrected chi connectivity index (χ0v) is 21.8. The highest BCUT2D eigenvalue weighted by Crippen LogP contribution is 2.42. The highest BCUT2D eigenvalue weighted by Gasteiger charge is 2.37. The first-order valence-corrected chi connectivity index (χ1v) is 12.7. The second kappa shape index (κ2) is 10.4. The average molecular weight is 524 g/mol. The molecule has 0 spiro atoms. The third-order valence-electron chi connectivity index (χ3n) is 6.61. The highest BCUT2D eigenvalue weighted by atomic mass is 35.5. The van der Waals surface area contributed by atoms with Crippen LogP contribution in [-0.4, -0.2) is 34.0 Å². The number of halogens is 1. The number of nitrogens with one attached hydrogen (secondary N) is 1. The number of para-hydroxylation sites is 2. The van der Waals surface area contributed by atoms with Crippen molar-refractivity contribution >= 4 is 34.9 Å². The molecule has 3 amide bonds. The predicted octanol–water partition coefficient (Wildman–Crippen LogP) is 6.38. The predicted molar refractivity (Wildman–Crippen MR) is 149 cm³/mol. The van der Waals surface area contributed by atoms with Crippen molar-refractivity contribution in [1.82, 2.24) is 9.47 Å². The Balaban J connectivity index is 1.50. The van der Waals surface area contributed by atoms with Crippen LogP contribution in [-0.2, 0) is 4.79 Å². The average Bonchev–Trinajstić information content (AvgIpc) is 3.41. The number of anilines is 2. The second-order valence-electron chi connectivity index (χ2n) is 9.35. The lowest BCUT2D eigenvalue weighted by atomic mass is 9.97. The molecule has 0 saturated carbocycles. The van der Waals surface area contributed by atoms with Gasteiger partial charge in [0.15, 0.2) is 0 Å². The Morgan fingerprint density at radius 1 is 1.00 bits per heavy atom. The van der Waals surface area contributed by atoms with Gasteiger partial charge in [0.2, 0.25) is 5.91 Å². The standard InChI is InChI=1S/C30H26ClN5O2/c1-20(2)35(30(38)33-24-14-12-21(18-32)13-15-24)19-28(37)36-26-10-4-3-9-25(26)34-16-6-11-27(34)29(36)22-7-5-8-23(31)17-22/h3-17,20,29H,19H2,1-2H3,(H,33,38). The number of hydrogen-bond donors (Lipinski definition) is 1. The molecule has 2 heterocycles. The monoisotopic (exact) mass is 523 g/mol. The van der Waals surface area contributed by atoms with Gasteiger partial charge in [-0.1, -0.05) is 35.9 Å². The van der Waals surface area contributed by atoms with E-state index in [1.165, 1.54) is 4.90 Å². The number of amides is 3. The number of hydrogen-bond acceptors (Lipinski definition) is 3.